The Kier molecular flexibility index (Phi) is 4.90. The predicted molar refractivity (Wildman–Crippen MR) is 101 cm³/mol. The number of nitrogens with one attached hydrogen (secondary N) is 1. The lowest BCUT2D eigenvalue weighted by molar-refractivity contribution is -0.117. The predicted octanol–water partition coefficient (Wildman–Crippen LogP) is 2.76. The van der Waals surface area contributed by atoms with Gasteiger partial charge in [0, 0.05) is 23.7 Å². The first kappa shape index (κ1) is 17.9. The molecule has 0 saturated heterocycles. The molecule has 3 rings (SSSR count). The highest BCUT2D eigenvalue weighted by molar-refractivity contribution is 7.93. The van der Waals surface area contributed by atoms with Crippen molar-refractivity contribution in [1.29, 1.82) is 0 Å². The van der Waals surface area contributed by atoms with E-state index in [-0.39, 0.29) is 17.2 Å². The largest absolute Gasteiger partial charge is 0.370 e. The molecule has 0 aliphatic heterocycles. The molecule has 2 aromatic carbocycles. The van der Waals surface area contributed by atoms with Crippen LogP contribution in [0, 0.1) is 6.92 Å². The highest BCUT2D eigenvalue weighted by Gasteiger charge is 2.21. The number of sulfonamides is 1. The first-order valence-corrected chi connectivity index (χ1v) is 9.59. The average molecular weight is 369 g/mol. The Morgan fingerprint density at radius 3 is 2.54 bits per heavy atom. The van der Waals surface area contributed by atoms with Crippen molar-refractivity contribution in [1.82, 2.24) is 4.98 Å². The number of amides is 1. The molecule has 0 saturated carbocycles. The van der Waals surface area contributed by atoms with Gasteiger partial charge in [-0.15, -0.1) is 0 Å². The first-order chi connectivity index (χ1) is 12.4. The van der Waals surface area contributed by atoms with Crippen molar-refractivity contribution in [3.63, 3.8) is 0 Å². The molecular weight excluding hydrogens is 350 g/mol. The number of nitrogens with zero attached hydrogens (tertiary/aromatic N) is 1. The zero-order valence-corrected chi connectivity index (χ0v) is 15.1. The van der Waals surface area contributed by atoms with Gasteiger partial charge in [0.25, 0.3) is 10.0 Å². The van der Waals surface area contributed by atoms with Crippen LogP contribution in [0.4, 0.5) is 5.69 Å². The van der Waals surface area contributed by atoms with Crippen molar-refractivity contribution < 1.29 is 13.2 Å². The van der Waals surface area contributed by atoms with Crippen molar-refractivity contribution in [3.8, 4) is 0 Å². The number of benzene rings is 2. The average Bonchev–Trinajstić information content (AvgIpc) is 2.60. The van der Waals surface area contributed by atoms with Crippen molar-refractivity contribution in [3.05, 3.63) is 65.9 Å². The number of nitrogens with two attached hydrogens (primary N) is 1. The van der Waals surface area contributed by atoms with Crippen LogP contribution >= 0.6 is 0 Å². The Morgan fingerprint density at radius 1 is 1.12 bits per heavy atom. The number of primary amides is 1. The SMILES string of the molecule is Cc1ccc2cccnc2c1S(=O)(=O)Nc1ccc(CCC(N)=O)cc1. The minimum absolute atomic E-state index is 0.174. The zero-order chi connectivity index (χ0) is 18.7. The van der Waals surface area contributed by atoms with Gasteiger partial charge in [0.15, 0.2) is 0 Å². The van der Waals surface area contributed by atoms with E-state index in [4.69, 9.17) is 5.73 Å². The minimum Gasteiger partial charge on any atom is -0.370 e. The van der Waals surface area contributed by atoms with Crippen LogP contribution < -0.4 is 10.5 Å². The lowest BCUT2D eigenvalue weighted by Gasteiger charge is -2.13. The standard InChI is InChI=1S/C19H19N3O3S/c1-13-4-8-15-3-2-12-21-18(15)19(13)26(24,25)22-16-9-5-14(6-10-16)7-11-17(20)23/h2-6,8-10,12,22H,7,11H2,1H3,(H2,20,23). The third kappa shape index (κ3) is 3.83. The Bertz CT molecular complexity index is 1060. The van der Waals surface area contributed by atoms with Crippen LogP contribution in [0.2, 0.25) is 0 Å². The normalized spacial score (nSPS) is 11.4. The van der Waals surface area contributed by atoms with E-state index in [0.29, 0.717) is 23.2 Å². The summed E-state index contributed by atoms with van der Waals surface area (Å²) in [7, 11) is -3.80. The fourth-order valence-electron chi connectivity index (χ4n) is 2.77. The fourth-order valence-corrected chi connectivity index (χ4v) is 4.24. The molecular formula is C19H19N3O3S. The summed E-state index contributed by atoms with van der Waals surface area (Å²) in [6.45, 7) is 1.75. The molecule has 1 aromatic heterocycles. The number of anilines is 1. The van der Waals surface area contributed by atoms with E-state index in [9.17, 15) is 13.2 Å². The third-order valence-corrected chi connectivity index (χ3v) is 5.62. The van der Waals surface area contributed by atoms with Gasteiger partial charge in [0.1, 0.15) is 4.90 Å². The van der Waals surface area contributed by atoms with Gasteiger partial charge in [-0.3, -0.25) is 14.5 Å². The van der Waals surface area contributed by atoms with Gasteiger partial charge in [-0.2, -0.15) is 0 Å². The molecule has 3 aromatic rings. The Hall–Kier alpha value is -2.93. The molecule has 0 aliphatic carbocycles. The summed E-state index contributed by atoms with van der Waals surface area (Å²) >= 11 is 0. The number of pyridine rings is 1. The summed E-state index contributed by atoms with van der Waals surface area (Å²) in [5, 5.41) is 0.764. The van der Waals surface area contributed by atoms with E-state index in [1.807, 2.05) is 12.1 Å². The van der Waals surface area contributed by atoms with Crippen LogP contribution in [0.1, 0.15) is 17.5 Å². The summed E-state index contributed by atoms with van der Waals surface area (Å²) < 4.78 is 28.4. The molecule has 0 spiro atoms. The number of hydrogen-bond donors (Lipinski definition) is 2. The Morgan fingerprint density at radius 2 is 1.85 bits per heavy atom. The molecule has 1 amide bonds. The second-order valence-corrected chi connectivity index (χ2v) is 7.67. The molecule has 0 bridgehead atoms. The van der Waals surface area contributed by atoms with Gasteiger partial charge in [0.2, 0.25) is 5.91 Å². The number of aromatic nitrogens is 1. The van der Waals surface area contributed by atoms with E-state index < -0.39 is 10.0 Å². The maximum Gasteiger partial charge on any atom is 0.264 e. The van der Waals surface area contributed by atoms with Crippen molar-refractivity contribution in [2.24, 2.45) is 5.73 Å². The maximum absolute atomic E-state index is 12.9. The summed E-state index contributed by atoms with van der Waals surface area (Å²) in [5.41, 5.74) is 7.57. The summed E-state index contributed by atoms with van der Waals surface area (Å²) in [5.74, 6) is -0.367. The van der Waals surface area contributed by atoms with Crippen LogP contribution in [-0.2, 0) is 21.2 Å². The molecule has 0 atom stereocenters. The third-order valence-electron chi connectivity index (χ3n) is 4.06. The summed E-state index contributed by atoms with van der Waals surface area (Å²) in [6, 6.07) is 14.1. The Balaban J connectivity index is 1.90. The quantitative estimate of drug-likeness (QED) is 0.697. The number of rotatable bonds is 6. The monoisotopic (exact) mass is 369 g/mol. The molecule has 6 nitrogen and oxygen atoms in total. The molecule has 7 heteroatoms. The molecule has 1 heterocycles. The molecule has 0 unspecified atom stereocenters. The number of carbonyl (C=O) groups excluding carboxylic acids is 1. The number of carbonyl (C=O) groups is 1. The van der Waals surface area contributed by atoms with Gasteiger partial charge in [-0.25, -0.2) is 8.42 Å². The lowest BCUT2D eigenvalue weighted by Crippen LogP contribution is -2.15. The van der Waals surface area contributed by atoms with Gasteiger partial charge < -0.3 is 5.73 Å². The molecule has 0 aliphatic rings. The van der Waals surface area contributed by atoms with Crippen LogP contribution in [0.25, 0.3) is 10.9 Å². The summed E-state index contributed by atoms with van der Waals surface area (Å²) in [6.07, 6.45) is 2.36. The molecule has 26 heavy (non-hydrogen) atoms. The second-order valence-electron chi connectivity index (χ2n) is 6.06. The number of aryl methyl sites for hydroxylation is 2. The molecule has 134 valence electrons. The molecule has 0 fully saturated rings. The minimum atomic E-state index is -3.80. The molecule has 0 radical (unpaired) electrons. The van der Waals surface area contributed by atoms with E-state index >= 15 is 0 Å². The van der Waals surface area contributed by atoms with Gasteiger partial charge in [-0.1, -0.05) is 30.3 Å². The van der Waals surface area contributed by atoms with Crippen molar-refractivity contribution in [2.45, 2.75) is 24.7 Å². The van der Waals surface area contributed by atoms with E-state index in [0.717, 1.165) is 10.9 Å². The Labute approximate surface area is 152 Å². The highest BCUT2D eigenvalue weighted by Crippen LogP contribution is 2.26. The van der Waals surface area contributed by atoms with Gasteiger partial charge in [0.05, 0.1) is 5.52 Å². The highest BCUT2D eigenvalue weighted by atomic mass is 32.2. The lowest BCUT2D eigenvalue weighted by atomic mass is 10.1. The van der Waals surface area contributed by atoms with Crippen LogP contribution in [0.15, 0.2) is 59.6 Å². The van der Waals surface area contributed by atoms with Gasteiger partial charge in [-0.05, 0) is 42.7 Å². The zero-order valence-electron chi connectivity index (χ0n) is 14.3. The van der Waals surface area contributed by atoms with Crippen LogP contribution in [0.3, 0.4) is 0 Å². The van der Waals surface area contributed by atoms with Crippen molar-refractivity contribution in [2.75, 3.05) is 4.72 Å². The second kappa shape index (κ2) is 7.13. The first-order valence-electron chi connectivity index (χ1n) is 8.11. The fraction of sp³-hybridized carbons (Fsp3) is 0.158. The topological polar surface area (TPSA) is 102 Å². The van der Waals surface area contributed by atoms with Crippen LogP contribution in [0.5, 0.6) is 0 Å². The number of fused-ring (bicyclic) bond motifs is 1. The van der Waals surface area contributed by atoms with Crippen molar-refractivity contribution >= 4 is 32.5 Å². The van der Waals surface area contributed by atoms with E-state index in [2.05, 4.69) is 9.71 Å². The van der Waals surface area contributed by atoms with E-state index in [1.54, 1.807) is 49.5 Å². The molecule has 3 N–H and O–H groups in total. The van der Waals surface area contributed by atoms with E-state index in [1.165, 1.54) is 0 Å². The van der Waals surface area contributed by atoms with Crippen LogP contribution in [-0.4, -0.2) is 19.3 Å². The smallest absolute Gasteiger partial charge is 0.264 e. The van der Waals surface area contributed by atoms with Gasteiger partial charge >= 0.3 is 0 Å². The maximum atomic E-state index is 12.9. The number of hydrogen-bond acceptors (Lipinski definition) is 4. The summed E-state index contributed by atoms with van der Waals surface area (Å²) in [4.78, 5) is 15.3.